The molecule has 0 saturated carbocycles. The molecule has 29 heavy (non-hydrogen) atoms. The van der Waals surface area contributed by atoms with Crippen molar-refractivity contribution in [1.82, 2.24) is 14.9 Å². The van der Waals surface area contributed by atoms with E-state index in [1.807, 2.05) is 48.1 Å². The third-order valence-electron chi connectivity index (χ3n) is 4.85. The van der Waals surface area contributed by atoms with Crippen LogP contribution in [0.3, 0.4) is 0 Å². The van der Waals surface area contributed by atoms with Gasteiger partial charge < -0.3 is 19.7 Å². The maximum Gasteiger partial charge on any atom is 0.130 e. The van der Waals surface area contributed by atoms with Crippen molar-refractivity contribution in [3.63, 3.8) is 0 Å². The van der Waals surface area contributed by atoms with E-state index in [1.165, 1.54) is 17.7 Å². The van der Waals surface area contributed by atoms with Crippen molar-refractivity contribution in [3.8, 4) is 5.75 Å². The lowest BCUT2D eigenvalue weighted by Gasteiger charge is -2.21. The van der Waals surface area contributed by atoms with Gasteiger partial charge in [0, 0.05) is 26.0 Å². The Balaban J connectivity index is 1.61. The number of nitrogens with zero attached hydrogens (tertiary/aromatic N) is 2. The van der Waals surface area contributed by atoms with Crippen molar-refractivity contribution >= 4 is 0 Å². The summed E-state index contributed by atoms with van der Waals surface area (Å²) in [6.07, 6.45) is 2.81. The maximum atomic E-state index is 13.7. The van der Waals surface area contributed by atoms with Crippen molar-refractivity contribution in [1.29, 1.82) is 0 Å². The van der Waals surface area contributed by atoms with Gasteiger partial charge >= 0.3 is 0 Å². The van der Waals surface area contributed by atoms with E-state index < -0.39 is 6.10 Å². The summed E-state index contributed by atoms with van der Waals surface area (Å²) in [4.78, 5) is 4.38. The van der Waals surface area contributed by atoms with Crippen LogP contribution in [0.15, 0.2) is 60.9 Å². The summed E-state index contributed by atoms with van der Waals surface area (Å²) < 4.78 is 21.3. The summed E-state index contributed by atoms with van der Waals surface area (Å²) in [6.45, 7) is 4.71. The molecule has 2 N–H and O–H groups in total. The number of aromatic nitrogens is 2. The number of halogens is 1. The van der Waals surface area contributed by atoms with E-state index in [9.17, 15) is 9.50 Å². The summed E-state index contributed by atoms with van der Waals surface area (Å²) in [6, 6.07) is 14.0. The number of nitrogens with one attached hydrogen (secondary N) is 1. The SMILES string of the molecule is CC(C)c1ccc(OCC(O)CNC(c2cccc(F)c2)c2nccn2C)cc1. The zero-order valence-electron chi connectivity index (χ0n) is 17.0. The van der Waals surface area contributed by atoms with Crippen LogP contribution in [0.1, 0.15) is 42.8 Å². The molecule has 0 fully saturated rings. The van der Waals surface area contributed by atoms with Crippen LogP contribution in [0.4, 0.5) is 4.39 Å². The minimum Gasteiger partial charge on any atom is -0.491 e. The minimum atomic E-state index is -0.726. The van der Waals surface area contributed by atoms with Crippen LogP contribution in [-0.2, 0) is 7.05 Å². The van der Waals surface area contributed by atoms with Gasteiger partial charge in [-0.15, -0.1) is 0 Å². The molecule has 2 unspecified atom stereocenters. The van der Waals surface area contributed by atoms with Crippen LogP contribution in [0, 0.1) is 5.82 Å². The predicted octanol–water partition coefficient (Wildman–Crippen LogP) is 3.80. The molecule has 1 heterocycles. The summed E-state index contributed by atoms with van der Waals surface area (Å²) in [5.74, 6) is 1.62. The van der Waals surface area contributed by atoms with Gasteiger partial charge in [0.15, 0.2) is 0 Å². The van der Waals surface area contributed by atoms with Crippen molar-refractivity contribution < 1.29 is 14.2 Å². The van der Waals surface area contributed by atoms with Crippen LogP contribution in [0.5, 0.6) is 5.75 Å². The van der Waals surface area contributed by atoms with E-state index in [2.05, 4.69) is 24.1 Å². The molecule has 0 saturated heterocycles. The van der Waals surface area contributed by atoms with Crippen LogP contribution < -0.4 is 10.1 Å². The van der Waals surface area contributed by atoms with E-state index in [-0.39, 0.29) is 25.0 Å². The average molecular weight is 397 g/mol. The lowest BCUT2D eigenvalue weighted by Crippen LogP contribution is -2.35. The molecule has 3 aromatic rings. The van der Waals surface area contributed by atoms with Gasteiger partial charge in [-0.1, -0.05) is 38.1 Å². The van der Waals surface area contributed by atoms with Gasteiger partial charge in [0.25, 0.3) is 0 Å². The number of aliphatic hydroxyl groups is 1. The van der Waals surface area contributed by atoms with E-state index in [1.54, 1.807) is 12.3 Å². The molecule has 0 spiro atoms. The largest absolute Gasteiger partial charge is 0.491 e. The molecule has 1 aromatic heterocycles. The van der Waals surface area contributed by atoms with Crippen LogP contribution in [0.25, 0.3) is 0 Å². The predicted molar refractivity (Wildman–Crippen MR) is 111 cm³/mol. The van der Waals surface area contributed by atoms with E-state index >= 15 is 0 Å². The Bertz CT molecular complexity index is 908. The first-order valence-corrected chi connectivity index (χ1v) is 9.81. The normalized spacial score (nSPS) is 13.4. The summed E-state index contributed by atoms with van der Waals surface area (Å²) in [7, 11) is 1.89. The summed E-state index contributed by atoms with van der Waals surface area (Å²) >= 11 is 0. The molecule has 154 valence electrons. The molecule has 2 atom stereocenters. The average Bonchev–Trinajstić information content (AvgIpc) is 3.12. The fourth-order valence-corrected chi connectivity index (χ4v) is 3.15. The lowest BCUT2D eigenvalue weighted by atomic mass is 10.0. The smallest absolute Gasteiger partial charge is 0.130 e. The highest BCUT2D eigenvalue weighted by molar-refractivity contribution is 5.29. The van der Waals surface area contributed by atoms with Crippen molar-refractivity contribution in [3.05, 3.63) is 83.7 Å². The lowest BCUT2D eigenvalue weighted by molar-refractivity contribution is 0.104. The highest BCUT2D eigenvalue weighted by Gasteiger charge is 2.20. The second kappa shape index (κ2) is 9.67. The monoisotopic (exact) mass is 397 g/mol. The van der Waals surface area contributed by atoms with E-state index in [4.69, 9.17) is 4.74 Å². The van der Waals surface area contributed by atoms with E-state index in [0.717, 1.165) is 17.1 Å². The van der Waals surface area contributed by atoms with Crippen molar-refractivity contribution in [2.24, 2.45) is 7.05 Å². The van der Waals surface area contributed by atoms with Crippen molar-refractivity contribution in [2.45, 2.75) is 31.9 Å². The third kappa shape index (κ3) is 5.65. The Hall–Kier alpha value is -2.70. The molecule has 0 aliphatic carbocycles. The Morgan fingerprint density at radius 2 is 1.90 bits per heavy atom. The first-order chi connectivity index (χ1) is 13.9. The van der Waals surface area contributed by atoms with Gasteiger partial charge in [-0.05, 0) is 41.3 Å². The quantitative estimate of drug-likeness (QED) is 0.577. The number of aryl methyl sites for hydroxylation is 1. The summed E-state index contributed by atoms with van der Waals surface area (Å²) in [5.41, 5.74) is 1.99. The number of benzene rings is 2. The third-order valence-corrected chi connectivity index (χ3v) is 4.85. The van der Waals surface area contributed by atoms with Crippen molar-refractivity contribution in [2.75, 3.05) is 13.2 Å². The van der Waals surface area contributed by atoms with Gasteiger partial charge in [-0.2, -0.15) is 0 Å². The number of rotatable bonds is 9. The van der Waals surface area contributed by atoms with Crippen LogP contribution in [0.2, 0.25) is 0 Å². The number of ether oxygens (including phenoxy) is 1. The van der Waals surface area contributed by atoms with Gasteiger partial charge in [0.2, 0.25) is 0 Å². The highest BCUT2D eigenvalue weighted by Crippen LogP contribution is 2.22. The van der Waals surface area contributed by atoms with Crippen LogP contribution in [-0.4, -0.2) is 33.9 Å². The second-order valence-electron chi connectivity index (χ2n) is 7.48. The minimum absolute atomic E-state index is 0.157. The first kappa shape index (κ1) is 21.0. The van der Waals surface area contributed by atoms with Gasteiger partial charge in [-0.3, -0.25) is 0 Å². The molecule has 0 aliphatic heterocycles. The zero-order chi connectivity index (χ0) is 20.8. The molecule has 0 amide bonds. The topological polar surface area (TPSA) is 59.3 Å². The second-order valence-corrected chi connectivity index (χ2v) is 7.48. The fourth-order valence-electron chi connectivity index (χ4n) is 3.15. The highest BCUT2D eigenvalue weighted by atomic mass is 19.1. The molecule has 3 rings (SSSR count). The maximum absolute atomic E-state index is 13.7. The standard InChI is InChI=1S/C23H28FN3O2/c1-16(2)17-7-9-21(10-8-17)29-15-20(28)14-26-22(23-25-11-12-27(23)3)18-5-4-6-19(24)13-18/h4-13,16,20,22,26,28H,14-15H2,1-3H3. The Morgan fingerprint density at radius 3 is 2.52 bits per heavy atom. The zero-order valence-corrected chi connectivity index (χ0v) is 17.0. The molecule has 0 radical (unpaired) electrons. The van der Waals surface area contributed by atoms with E-state index in [0.29, 0.717) is 5.92 Å². The molecule has 5 nitrogen and oxygen atoms in total. The fraction of sp³-hybridized carbons (Fsp3) is 0.348. The van der Waals surface area contributed by atoms with Crippen LogP contribution >= 0.6 is 0 Å². The Labute approximate surface area is 171 Å². The number of imidazole rings is 1. The molecule has 0 aliphatic rings. The molecule has 2 aromatic carbocycles. The summed E-state index contributed by atoms with van der Waals surface area (Å²) in [5, 5.41) is 13.7. The molecular weight excluding hydrogens is 369 g/mol. The molecular formula is C23H28FN3O2. The first-order valence-electron chi connectivity index (χ1n) is 9.81. The molecule has 0 bridgehead atoms. The number of hydrogen-bond donors (Lipinski definition) is 2. The van der Waals surface area contributed by atoms with Gasteiger partial charge in [0.05, 0.1) is 6.04 Å². The number of aliphatic hydroxyl groups excluding tert-OH is 1. The number of hydrogen-bond acceptors (Lipinski definition) is 4. The van der Waals surface area contributed by atoms with Gasteiger partial charge in [-0.25, -0.2) is 9.37 Å². The Kier molecular flexibility index (Phi) is 7.01. The van der Waals surface area contributed by atoms with Gasteiger partial charge in [0.1, 0.15) is 30.1 Å². The molecule has 6 heteroatoms. The Morgan fingerprint density at radius 1 is 1.14 bits per heavy atom.